The average Bonchev–Trinajstić information content (AvgIpc) is 1.63. The first-order valence-corrected chi connectivity index (χ1v) is 3.18. The summed E-state index contributed by atoms with van der Waals surface area (Å²) in [7, 11) is 0. The lowest BCUT2D eigenvalue weighted by Gasteiger charge is -2.19. The Morgan fingerprint density at radius 1 is 1.44 bits per heavy atom. The quantitative estimate of drug-likeness (QED) is 0.566. The number of nitrogens with one attached hydrogen (secondary N) is 1. The van der Waals surface area contributed by atoms with Crippen molar-refractivity contribution in [2.75, 3.05) is 6.54 Å². The SMILES string of the molecule is CC(C)(C)NCCC#N. The second kappa shape index (κ2) is 3.47. The first kappa shape index (κ1) is 8.45. The van der Waals surface area contributed by atoms with Gasteiger partial charge in [-0.25, -0.2) is 0 Å². The van der Waals surface area contributed by atoms with E-state index in [1.807, 2.05) is 0 Å². The van der Waals surface area contributed by atoms with Gasteiger partial charge in [0.1, 0.15) is 0 Å². The maximum atomic E-state index is 8.17. The molecular formula is C7H14N2. The van der Waals surface area contributed by atoms with Crippen LogP contribution in [0.3, 0.4) is 0 Å². The van der Waals surface area contributed by atoms with E-state index in [0.29, 0.717) is 6.42 Å². The summed E-state index contributed by atoms with van der Waals surface area (Å²) in [6, 6.07) is 2.08. The molecule has 0 aliphatic rings. The summed E-state index contributed by atoms with van der Waals surface area (Å²) in [5, 5.41) is 11.4. The molecule has 0 saturated heterocycles. The van der Waals surface area contributed by atoms with Gasteiger partial charge in [0.05, 0.1) is 6.07 Å². The van der Waals surface area contributed by atoms with Gasteiger partial charge in [0.2, 0.25) is 0 Å². The summed E-state index contributed by atoms with van der Waals surface area (Å²) in [6.45, 7) is 7.05. The number of hydrogen-bond acceptors (Lipinski definition) is 2. The highest BCUT2D eigenvalue weighted by atomic mass is 14.9. The summed E-state index contributed by atoms with van der Waals surface area (Å²) in [4.78, 5) is 0. The number of rotatable bonds is 2. The van der Waals surface area contributed by atoms with Gasteiger partial charge in [0.25, 0.3) is 0 Å². The molecule has 0 aliphatic carbocycles. The maximum absolute atomic E-state index is 8.17. The Bertz CT molecular complexity index is 105. The van der Waals surface area contributed by atoms with Crippen molar-refractivity contribution in [3.8, 4) is 6.07 Å². The lowest BCUT2D eigenvalue weighted by Crippen LogP contribution is -2.36. The summed E-state index contributed by atoms with van der Waals surface area (Å²) in [6.07, 6.45) is 0.595. The Balaban J connectivity index is 3.20. The van der Waals surface area contributed by atoms with E-state index in [2.05, 4.69) is 32.2 Å². The summed E-state index contributed by atoms with van der Waals surface area (Å²) in [5.74, 6) is 0. The van der Waals surface area contributed by atoms with Crippen molar-refractivity contribution in [3.05, 3.63) is 0 Å². The van der Waals surface area contributed by atoms with Gasteiger partial charge >= 0.3 is 0 Å². The third-order valence-corrected chi connectivity index (χ3v) is 0.892. The molecule has 0 amide bonds. The van der Waals surface area contributed by atoms with Crippen molar-refractivity contribution >= 4 is 0 Å². The predicted octanol–water partition coefficient (Wildman–Crippen LogP) is 1.29. The molecule has 1 N–H and O–H groups in total. The highest BCUT2D eigenvalue weighted by molar-refractivity contribution is 4.75. The van der Waals surface area contributed by atoms with E-state index in [1.54, 1.807) is 0 Å². The monoisotopic (exact) mass is 126 g/mol. The minimum Gasteiger partial charge on any atom is -0.311 e. The molecule has 0 fully saturated rings. The molecule has 9 heavy (non-hydrogen) atoms. The number of hydrogen-bond donors (Lipinski definition) is 1. The van der Waals surface area contributed by atoms with Crippen LogP contribution >= 0.6 is 0 Å². The lowest BCUT2D eigenvalue weighted by atomic mass is 10.1. The van der Waals surface area contributed by atoms with Crippen LogP contribution in [0.5, 0.6) is 0 Å². The van der Waals surface area contributed by atoms with Crippen molar-refractivity contribution in [3.63, 3.8) is 0 Å². The van der Waals surface area contributed by atoms with Crippen molar-refractivity contribution in [1.29, 1.82) is 5.26 Å². The average molecular weight is 126 g/mol. The van der Waals surface area contributed by atoms with E-state index in [4.69, 9.17) is 5.26 Å². The predicted molar refractivity (Wildman–Crippen MR) is 38.0 cm³/mol. The molecule has 2 heteroatoms. The van der Waals surface area contributed by atoms with Crippen LogP contribution in [0.15, 0.2) is 0 Å². The topological polar surface area (TPSA) is 35.8 Å². The Morgan fingerprint density at radius 2 is 2.00 bits per heavy atom. The standard InChI is InChI=1S/C7H14N2/c1-7(2,3)9-6-4-5-8/h9H,4,6H2,1-3H3. The molecule has 0 rings (SSSR count). The van der Waals surface area contributed by atoms with Crippen LogP contribution in [0.2, 0.25) is 0 Å². The van der Waals surface area contributed by atoms with E-state index >= 15 is 0 Å². The summed E-state index contributed by atoms with van der Waals surface area (Å²) < 4.78 is 0. The second-order valence-corrected chi connectivity index (χ2v) is 3.08. The molecule has 52 valence electrons. The molecule has 0 aromatic rings. The van der Waals surface area contributed by atoms with Crippen molar-refractivity contribution in [2.45, 2.75) is 32.7 Å². The summed E-state index contributed by atoms with van der Waals surface area (Å²) in [5.41, 5.74) is 0.150. The van der Waals surface area contributed by atoms with Crippen molar-refractivity contribution in [2.24, 2.45) is 0 Å². The zero-order valence-corrected chi connectivity index (χ0v) is 6.36. The molecule has 2 nitrogen and oxygen atoms in total. The zero-order chi connectivity index (χ0) is 7.33. The fraction of sp³-hybridized carbons (Fsp3) is 0.857. The minimum atomic E-state index is 0.150. The van der Waals surface area contributed by atoms with E-state index in [0.717, 1.165) is 6.54 Å². The normalized spacial score (nSPS) is 10.9. The van der Waals surface area contributed by atoms with Crippen molar-refractivity contribution < 1.29 is 0 Å². The van der Waals surface area contributed by atoms with Gasteiger partial charge < -0.3 is 5.32 Å². The third-order valence-electron chi connectivity index (χ3n) is 0.892. The molecule has 0 radical (unpaired) electrons. The fourth-order valence-corrected chi connectivity index (χ4v) is 0.493. The van der Waals surface area contributed by atoms with Gasteiger partial charge in [-0.15, -0.1) is 0 Å². The Morgan fingerprint density at radius 3 is 2.33 bits per heavy atom. The van der Waals surface area contributed by atoms with Crippen LogP contribution in [-0.2, 0) is 0 Å². The smallest absolute Gasteiger partial charge is 0.0635 e. The molecule has 0 heterocycles. The largest absolute Gasteiger partial charge is 0.311 e. The number of nitrogens with zero attached hydrogens (tertiary/aromatic N) is 1. The van der Waals surface area contributed by atoms with E-state index in [9.17, 15) is 0 Å². The Kier molecular flexibility index (Phi) is 3.26. The van der Waals surface area contributed by atoms with E-state index in [-0.39, 0.29) is 5.54 Å². The second-order valence-electron chi connectivity index (χ2n) is 3.08. The van der Waals surface area contributed by atoms with Gasteiger partial charge in [-0.1, -0.05) is 0 Å². The molecule has 0 aliphatic heterocycles. The third kappa shape index (κ3) is 7.45. The van der Waals surface area contributed by atoms with Crippen LogP contribution < -0.4 is 5.32 Å². The Hall–Kier alpha value is -0.550. The van der Waals surface area contributed by atoms with E-state index < -0.39 is 0 Å². The highest BCUT2D eigenvalue weighted by Crippen LogP contribution is 1.96. The van der Waals surface area contributed by atoms with Gasteiger partial charge in [-0.2, -0.15) is 5.26 Å². The highest BCUT2D eigenvalue weighted by Gasteiger charge is 2.06. The molecule has 0 bridgehead atoms. The summed E-state index contributed by atoms with van der Waals surface area (Å²) >= 11 is 0. The molecule has 0 saturated carbocycles. The molecule has 0 spiro atoms. The van der Waals surface area contributed by atoms with Gasteiger partial charge in [0, 0.05) is 18.5 Å². The maximum Gasteiger partial charge on any atom is 0.0635 e. The molecular weight excluding hydrogens is 112 g/mol. The lowest BCUT2D eigenvalue weighted by molar-refractivity contribution is 0.432. The van der Waals surface area contributed by atoms with Crippen LogP contribution in [0.25, 0.3) is 0 Å². The van der Waals surface area contributed by atoms with Crippen LogP contribution in [-0.4, -0.2) is 12.1 Å². The molecule has 0 aromatic carbocycles. The van der Waals surface area contributed by atoms with E-state index in [1.165, 1.54) is 0 Å². The van der Waals surface area contributed by atoms with Crippen molar-refractivity contribution in [1.82, 2.24) is 5.32 Å². The zero-order valence-electron chi connectivity index (χ0n) is 6.36. The van der Waals surface area contributed by atoms with Gasteiger partial charge in [-0.05, 0) is 20.8 Å². The fourth-order valence-electron chi connectivity index (χ4n) is 0.493. The Labute approximate surface area is 56.9 Å². The van der Waals surface area contributed by atoms with Crippen LogP contribution in [0.1, 0.15) is 27.2 Å². The molecule has 0 unspecified atom stereocenters. The minimum absolute atomic E-state index is 0.150. The first-order valence-electron chi connectivity index (χ1n) is 3.18. The first-order chi connectivity index (χ1) is 4.06. The number of nitriles is 1. The molecule has 0 atom stereocenters. The van der Waals surface area contributed by atoms with Gasteiger partial charge in [-0.3, -0.25) is 0 Å². The van der Waals surface area contributed by atoms with Gasteiger partial charge in [0.15, 0.2) is 0 Å². The molecule has 0 aromatic heterocycles. The van der Waals surface area contributed by atoms with Crippen LogP contribution in [0.4, 0.5) is 0 Å². The van der Waals surface area contributed by atoms with Crippen LogP contribution in [0, 0.1) is 11.3 Å².